The molecule has 2 atom stereocenters. The van der Waals surface area contributed by atoms with Crippen molar-refractivity contribution >= 4 is 5.95 Å². The SMILES string of the molecule is Cc1cc(C(C)C)nc(NCC2CCCCC2C)n1. The fraction of sp³-hybridized carbons (Fsp3) is 0.750. The third-order valence-electron chi connectivity index (χ3n) is 4.28. The van der Waals surface area contributed by atoms with Gasteiger partial charge in [-0.2, -0.15) is 0 Å². The molecule has 19 heavy (non-hydrogen) atoms. The highest BCUT2D eigenvalue weighted by atomic mass is 15.1. The van der Waals surface area contributed by atoms with E-state index >= 15 is 0 Å². The van der Waals surface area contributed by atoms with Crippen LogP contribution in [0.4, 0.5) is 5.95 Å². The van der Waals surface area contributed by atoms with Crippen molar-refractivity contribution < 1.29 is 0 Å². The summed E-state index contributed by atoms with van der Waals surface area (Å²) >= 11 is 0. The first kappa shape index (κ1) is 14.3. The average Bonchev–Trinajstić information content (AvgIpc) is 2.37. The van der Waals surface area contributed by atoms with E-state index < -0.39 is 0 Å². The molecule has 1 aromatic rings. The lowest BCUT2D eigenvalue weighted by molar-refractivity contribution is 0.268. The van der Waals surface area contributed by atoms with Crippen molar-refractivity contribution in [3.8, 4) is 0 Å². The van der Waals surface area contributed by atoms with Crippen LogP contribution in [0.15, 0.2) is 6.07 Å². The van der Waals surface area contributed by atoms with Crippen molar-refractivity contribution in [2.24, 2.45) is 11.8 Å². The van der Waals surface area contributed by atoms with Gasteiger partial charge in [-0.1, -0.05) is 40.0 Å². The summed E-state index contributed by atoms with van der Waals surface area (Å²) < 4.78 is 0. The van der Waals surface area contributed by atoms with Gasteiger partial charge in [0.15, 0.2) is 0 Å². The molecule has 0 amide bonds. The van der Waals surface area contributed by atoms with E-state index in [4.69, 9.17) is 0 Å². The number of nitrogens with zero attached hydrogens (tertiary/aromatic N) is 2. The Labute approximate surface area is 117 Å². The maximum Gasteiger partial charge on any atom is 0.223 e. The molecule has 0 aliphatic heterocycles. The predicted octanol–water partition coefficient (Wildman–Crippen LogP) is 4.15. The van der Waals surface area contributed by atoms with E-state index in [9.17, 15) is 0 Å². The number of anilines is 1. The molecule has 0 aromatic carbocycles. The maximum atomic E-state index is 4.62. The monoisotopic (exact) mass is 261 g/mol. The van der Waals surface area contributed by atoms with E-state index in [1.807, 2.05) is 6.92 Å². The second-order valence-electron chi connectivity index (χ2n) is 6.32. The largest absolute Gasteiger partial charge is 0.354 e. The molecule has 1 fully saturated rings. The average molecular weight is 261 g/mol. The minimum atomic E-state index is 0.454. The third kappa shape index (κ3) is 3.92. The number of hydrogen-bond donors (Lipinski definition) is 1. The summed E-state index contributed by atoms with van der Waals surface area (Å²) in [6.07, 6.45) is 5.49. The normalized spacial score (nSPS) is 23.6. The number of rotatable bonds is 4. The molecular weight excluding hydrogens is 234 g/mol. The summed E-state index contributed by atoms with van der Waals surface area (Å²) in [4.78, 5) is 9.12. The standard InChI is InChI=1S/C16H27N3/c1-11(2)15-9-13(4)18-16(19-15)17-10-14-8-6-5-7-12(14)3/h9,11-12,14H,5-8,10H2,1-4H3,(H,17,18,19). The molecule has 0 radical (unpaired) electrons. The Morgan fingerprint density at radius 3 is 2.68 bits per heavy atom. The smallest absolute Gasteiger partial charge is 0.223 e. The molecule has 2 unspecified atom stereocenters. The Balaban J connectivity index is 1.98. The molecular formula is C16H27N3. The van der Waals surface area contributed by atoms with Gasteiger partial charge in [-0.3, -0.25) is 0 Å². The van der Waals surface area contributed by atoms with Crippen molar-refractivity contribution in [3.63, 3.8) is 0 Å². The van der Waals surface area contributed by atoms with Gasteiger partial charge in [0.2, 0.25) is 5.95 Å². The van der Waals surface area contributed by atoms with Gasteiger partial charge in [0.1, 0.15) is 0 Å². The van der Waals surface area contributed by atoms with Crippen molar-refractivity contribution in [2.45, 2.75) is 59.3 Å². The second kappa shape index (κ2) is 6.36. The van der Waals surface area contributed by atoms with Crippen LogP contribution in [0.1, 0.15) is 63.8 Å². The molecule has 2 rings (SSSR count). The van der Waals surface area contributed by atoms with Crippen molar-refractivity contribution in [2.75, 3.05) is 11.9 Å². The van der Waals surface area contributed by atoms with E-state index in [2.05, 4.69) is 42.1 Å². The molecule has 1 aliphatic rings. The van der Waals surface area contributed by atoms with E-state index in [-0.39, 0.29) is 0 Å². The lowest BCUT2D eigenvalue weighted by atomic mass is 9.80. The van der Waals surface area contributed by atoms with E-state index in [1.54, 1.807) is 0 Å². The number of nitrogens with one attached hydrogen (secondary N) is 1. The van der Waals surface area contributed by atoms with E-state index in [0.29, 0.717) is 5.92 Å². The molecule has 0 bridgehead atoms. The summed E-state index contributed by atoms with van der Waals surface area (Å²) in [6.45, 7) is 9.79. The minimum absolute atomic E-state index is 0.454. The molecule has 0 spiro atoms. The molecule has 1 heterocycles. The third-order valence-corrected chi connectivity index (χ3v) is 4.28. The zero-order valence-electron chi connectivity index (χ0n) is 12.7. The fourth-order valence-corrected chi connectivity index (χ4v) is 2.89. The Morgan fingerprint density at radius 1 is 1.26 bits per heavy atom. The van der Waals surface area contributed by atoms with Gasteiger partial charge in [0.25, 0.3) is 0 Å². The molecule has 106 valence electrons. The van der Waals surface area contributed by atoms with E-state index in [1.165, 1.54) is 25.7 Å². The first-order valence-corrected chi connectivity index (χ1v) is 7.65. The lowest BCUT2D eigenvalue weighted by Crippen LogP contribution is -2.25. The Morgan fingerprint density at radius 2 is 2.00 bits per heavy atom. The van der Waals surface area contributed by atoms with Crippen LogP contribution in [0.2, 0.25) is 0 Å². The quantitative estimate of drug-likeness (QED) is 0.885. The van der Waals surface area contributed by atoms with Gasteiger partial charge in [0, 0.05) is 17.9 Å². The van der Waals surface area contributed by atoms with Crippen LogP contribution in [-0.2, 0) is 0 Å². The minimum Gasteiger partial charge on any atom is -0.354 e. The van der Waals surface area contributed by atoms with Crippen molar-refractivity contribution in [3.05, 3.63) is 17.5 Å². The molecule has 3 nitrogen and oxygen atoms in total. The van der Waals surface area contributed by atoms with Crippen LogP contribution in [0, 0.1) is 18.8 Å². The Kier molecular flexibility index (Phi) is 4.78. The number of hydrogen-bond acceptors (Lipinski definition) is 3. The Hall–Kier alpha value is -1.12. The molecule has 1 aromatic heterocycles. The predicted molar refractivity (Wildman–Crippen MR) is 80.5 cm³/mol. The molecule has 3 heteroatoms. The van der Waals surface area contributed by atoms with Gasteiger partial charge in [0.05, 0.1) is 0 Å². The summed E-state index contributed by atoms with van der Waals surface area (Å²) in [5.74, 6) is 2.87. The maximum absolute atomic E-state index is 4.62. The van der Waals surface area contributed by atoms with Gasteiger partial charge >= 0.3 is 0 Å². The zero-order chi connectivity index (χ0) is 13.8. The van der Waals surface area contributed by atoms with Crippen LogP contribution in [0.3, 0.4) is 0 Å². The molecule has 0 saturated heterocycles. The Bertz CT molecular complexity index is 414. The van der Waals surface area contributed by atoms with Crippen LogP contribution < -0.4 is 5.32 Å². The fourth-order valence-electron chi connectivity index (χ4n) is 2.89. The summed E-state index contributed by atoms with van der Waals surface area (Å²) in [5.41, 5.74) is 2.18. The highest BCUT2D eigenvalue weighted by Gasteiger charge is 2.21. The lowest BCUT2D eigenvalue weighted by Gasteiger charge is -2.28. The zero-order valence-corrected chi connectivity index (χ0v) is 12.7. The van der Waals surface area contributed by atoms with Crippen molar-refractivity contribution in [1.82, 2.24) is 9.97 Å². The van der Waals surface area contributed by atoms with Crippen LogP contribution in [0.25, 0.3) is 0 Å². The van der Waals surface area contributed by atoms with Gasteiger partial charge < -0.3 is 5.32 Å². The molecule has 1 aliphatic carbocycles. The van der Waals surface area contributed by atoms with Gasteiger partial charge in [-0.05, 0) is 37.2 Å². The highest BCUT2D eigenvalue weighted by molar-refractivity contribution is 5.29. The number of aromatic nitrogens is 2. The first-order valence-electron chi connectivity index (χ1n) is 7.65. The molecule has 1 N–H and O–H groups in total. The van der Waals surface area contributed by atoms with Crippen molar-refractivity contribution in [1.29, 1.82) is 0 Å². The first-order chi connectivity index (χ1) is 9.06. The summed E-state index contributed by atoms with van der Waals surface area (Å²) in [7, 11) is 0. The summed E-state index contributed by atoms with van der Waals surface area (Å²) in [6, 6.07) is 2.08. The molecule has 1 saturated carbocycles. The summed E-state index contributed by atoms with van der Waals surface area (Å²) in [5, 5.41) is 3.46. The van der Waals surface area contributed by atoms with E-state index in [0.717, 1.165) is 35.7 Å². The van der Waals surface area contributed by atoms with Crippen LogP contribution in [0.5, 0.6) is 0 Å². The highest BCUT2D eigenvalue weighted by Crippen LogP contribution is 2.29. The van der Waals surface area contributed by atoms with Gasteiger partial charge in [-0.15, -0.1) is 0 Å². The van der Waals surface area contributed by atoms with Crippen LogP contribution >= 0.6 is 0 Å². The van der Waals surface area contributed by atoms with Crippen LogP contribution in [-0.4, -0.2) is 16.5 Å². The number of aryl methyl sites for hydroxylation is 1. The topological polar surface area (TPSA) is 37.8 Å². The second-order valence-corrected chi connectivity index (χ2v) is 6.32. The van der Waals surface area contributed by atoms with Gasteiger partial charge in [-0.25, -0.2) is 9.97 Å².